The first-order chi connectivity index (χ1) is 7.66. The molecule has 0 saturated carbocycles. The molecule has 0 N–H and O–H groups in total. The molecule has 2 aromatic carbocycles. The minimum absolute atomic E-state index is 0.296. The summed E-state index contributed by atoms with van der Waals surface area (Å²) in [7, 11) is 0. The first kappa shape index (κ1) is 9.67. The van der Waals surface area contributed by atoms with E-state index in [1.54, 1.807) is 6.07 Å². The SMILES string of the molecule is Cc1c(Cl)ccc2c1oc1cc(F)ccc12. The Labute approximate surface area is 96.4 Å². The van der Waals surface area contributed by atoms with Crippen molar-refractivity contribution < 1.29 is 8.81 Å². The summed E-state index contributed by atoms with van der Waals surface area (Å²) in [5.41, 5.74) is 2.17. The van der Waals surface area contributed by atoms with E-state index in [1.807, 2.05) is 19.1 Å². The number of furan rings is 1. The molecule has 1 nitrogen and oxygen atoms in total. The van der Waals surface area contributed by atoms with Gasteiger partial charge in [0.2, 0.25) is 0 Å². The van der Waals surface area contributed by atoms with Crippen molar-refractivity contribution in [2.75, 3.05) is 0 Å². The third-order valence-electron chi connectivity index (χ3n) is 2.79. The van der Waals surface area contributed by atoms with E-state index < -0.39 is 0 Å². The van der Waals surface area contributed by atoms with E-state index in [0.29, 0.717) is 10.6 Å². The van der Waals surface area contributed by atoms with Crippen LogP contribution in [-0.2, 0) is 0 Å². The second kappa shape index (κ2) is 3.22. The molecule has 1 aromatic heterocycles. The van der Waals surface area contributed by atoms with Gasteiger partial charge in [0.15, 0.2) is 0 Å². The number of rotatable bonds is 0. The summed E-state index contributed by atoms with van der Waals surface area (Å²) in [5.74, 6) is -0.296. The molecule has 0 aliphatic rings. The van der Waals surface area contributed by atoms with E-state index in [1.165, 1.54) is 12.1 Å². The molecule has 80 valence electrons. The second-order valence-corrected chi connectivity index (χ2v) is 4.20. The van der Waals surface area contributed by atoms with Crippen LogP contribution in [0, 0.1) is 12.7 Å². The lowest BCUT2D eigenvalue weighted by atomic mass is 10.1. The highest BCUT2D eigenvalue weighted by Gasteiger charge is 2.11. The quantitative estimate of drug-likeness (QED) is 0.550. The molecule has 0 unspecified atom stereocenters. The van der Waals surface area contributed by atoms with Gasteiger partial charge in [-0.05, 0) is 31.2 Å². The zero-order valence-corrected chi connectivity index (χ0v) is 9.31. The second-order valence-electron chi connectivity index (χ2n) is 3.79. The van der Waals surface area contributed by atoms with Crippen molar-refractivity contribution in [1.82, 2.24) is 0 Å². The molecule has 0 fully saturated rings. The minimum atomic E-state index is -0.296. The highest BCUT2D eigenvalue weighted by atomic mass is 35.5. The van der Waals surface area contributed by atoms with Crippen molar-refractivity contribution in [2.45, 2.75) is 6.92 Å². The van der Waals surface area contributed by atoms with E-state index in [9.17, 15) is 4.39 Å². The predicted octanol–water partition coefficient (Wildman–Crippen LogP) is 4.69. The largest absolute Gasteiger partial charge is 0.456 e. The molecular formula is C13H8ClFO. The normalized spacial score (nSPS) is 11.4. The number of benzene rings is 2. The maximum atomic E-state index is 13.1. The predicted molar refractivity (Wildman–Crippen MR) is 63.4 cm³/mol. The summed E-state index contributed by atoms with van der Waals surface area (Å²) in [6.45, 7) is 1.89. The summed E-state index contributed by atoms with van der Waals surface area (Å²) in [4.78, 5) is 0. The van der Waals surface area contributed by atoms with Crippen molar-refractivity contribution in [3.63, 3.8) is 0 Å². The van der Waals surface area contributed by atoms with Gasteiger partial charge in [0.1, 0.15) is 17.0 Å². The Kier molecular flexibility index (Phi) is 1.95. The lowest BCUT2D eigenvalue weighted by Crippen LogP contribution is -1.75. The zero-order valence-electron chi connectivity index (χ0n) is 8.55. The number of aryl methyl sites for hydroxylation is 1. The van der Waals surface area contributed by atoms with Crippen molar-refractivity contribution in [1.29, 1.82) is 0 Å². The first-order valence-corrected chi connectivity index (χ1v) is 5.31. The molecule has 0 saturated heterocycles. The molecule has 0 aliphatic carbocycles. The topological polar surface area (TPSA) is 13.1 Å². The van der Waals surface area contributed by atoms with Crippen LogP contribution >= 0.6 is 11.6 Å². The Bertz CT molecular complexity index is 700. The van der Waals surface area contributed by atoms with Gasteiger partial charge in [0, 0.05) is 27.4 Å². The van der Waals surface area contributed by atoms with Gasteiger partial charge < -0.3 is 4.42 Å². The fourth-order valence-electron chi connectivity index (χ4n) is 1.92. The van der Waals surface area contributed by atoms with Crippen molar-refractivity contribution in [2.24, 2.45) is 0 Å². The zero-order chi connectivity index (χ0) is 11.3. The van der Waals surface area contributed by atoms with Crippen molar-refractivity contribution >= 4 is 33.5 Å². The molecule has 0 bridgehead atoms. The van der Waals surface area contributed by atoms with Crippen LogP contribution in [0.25, 0.3) is 21.9 Å². The van der Waals surface area contributed by atoms with Crippen LogP contribution in [0.5, 0.6) is 0 Å². The third kappa shape index (κ3) is 1.23. The van der Waals surface area contributed by atoms with Gasteiger partial charge in [-0.25, -0.2) is 4.39 Å². The van der Waals surface area contributed by atoms with E-state index in [2.05, 4.69) is 0 Å². The Balaban J connectivity index is 2.55. The highest BCUT2D eigenvalue weighted by molar-refractivity contribution is 6.32. The number of hydrogen-bond acceptors (Lipinski definition) is 1. The van der Waals surface area contributed by atoms with Crippen molar-refractivity contribution in [3.8, 4) is 0 Å². The summed E-state index contributed by atoms with van der Waals surface area (Å²) in [6.07, 6.45) is 0. The Morgan fingerprint density at radius 3 is 2.69 bits per heavy atom. The molecule has 3 rings (SSSR count). The van der Waals surface area contributed by atoms with Gasteiger partial charge in [0.05, 0.1) is 0 Å². The first-order valence-electron chi connectivity index (χ1n) is 4.93. The average Bonchev–Trinajstić information content (AvgIpc) is 2.62. The van der Waals surface area contributed by atoms with Gasteiger partial charge in [-0.1, -0.05) is 11.6 Å². The monoisotopic (exact) mass is 234 g/mol. The van der Waals surface area contributed by atoms with Gasteiger partial charge in [0.25, 0.3) is 0 Å². The average molecular weight is 235 g/mol. The molecule has 0 radical (unpaired) electrons. The van der Waals surface area contributed by atoms with Crippen LogP contribution in [0.15, 0.2) is 34.7 Å². The van der Waals surface area contributed by atoms with Crippen LogP contribution in [0.2, 0.25) is 5.02 Å². The minimum Gasteiger partial charge on any atom is -0.456 e. The molecule has 16 heavy (non-hydrogen) atoms. The van der Waals surface area contributed by atoms with E-state index >= 15 is 0 Å². The molecule has 0 aliphatic heterocycles. The summed E-state index contributed by atoms with van der Waals surface area (Å²) >= 11 is 6.01. The fourth-order valence-corrected chi connectivity index (χ4v) is 2.07. The lowest BCUT2D eigenvalue weighted by Gasteiger charge is -1.96. The summed E-state index contributed by atoms with van der Waals surface area (Å²) < 4.78 is 18.7. The van der Waals surface area contributed by atoms with E-state index in [0.717, 1.165) is 21.9 Å². The maximum absolute atomic E-state index is 13.1. The van der Waals surface area contributed by atoms with Crippen molar-refractivity contribution in [3.05, 3.63) is 46.7 Å². The highest BCUT2D eigenvalue weighted by Crippen LogP contribution is 2.33. The fraction of sp³-hybridized carbons (Fsp3) is 0.0769. The van der Waals surface area contributed by atoms with Crippen LogP contribution in [-0.4, -0.2) is 0 Å². The number of halogens is 2. The van der Waals surface area contributed by atoms with Crippen LogP contribution in [0.4, 0.5) is 4.39 Å². The molecular weight excluding hydrogens is 227 g/mol. The summed E-state index contributed by atoms with van der Waals surface area (Å²) in [6, 6.07) is 8.28. The Morgan fingerprint density at radius 2 is 1.88 bits per heavy atom. The smallest absolute Gasteiger partial charge is 0.139 e. The van der Waals surface area contributed by atoms with Crippen LogP contribution in [0.3, 0.4) is 0 Å². The van der Waals surface area contributed by atoms with Gasteiger partial charge in [-0.3, -0.25) is 0 Å². The molecule has 3 aromatic rings. The van der Waals surface area contributed by atoms with Crippen LogP contribution in [0.1, 0.15) is 5.56 Å². The van der Waals surface area contributed by atoms with E-state index in [4.69, 9.17) is 16.0 Å². The van der Waals surface area contributed by atoms with Gasteiger partial charge in [-0.2, -0.15) is 0 Å². The maximum Gasteiger partial charge on any atom is 0.139 e. The van der Waals surface area contributed by atoms with Gasteiger partial charge in [-0.15, -0.1) is 0 Å². The number of fused-ring (bicyclic) bond motifs is 3. The summed E-state index contributed by atoms with van der Waals surface area (Å²) in [5, 5.41) is 2.54. The molecule has 3 heteroatoms. The molecule has 0 atom stereocenters. The molecule has 0 spiro atoms. The molecule has 0 amide bonds. The Hall–Kier alpha value is -1.54. The number of hydrogen-bond donors (Lipinski definition) is 0. The van der Waals surface area contributed by atoms with Crippen LogP contribution < -0.4 is 0 Å². The van der Waals surface area contributed by atoms with Gasteiger partial charge >= 0.3 is 0 Å². The standard InChI is InChI=1S/C13H8ClFO/c1-7-11(14)5-4-10-9-3-2-8(15)6-12(9)16-13(7)10/h2-6H,1H3. The van der Waals surface area contributed by atoms with E-state index in [-0.39, 0.29) is 5.82 Å². The third-order valence-corrected chi connectivity index (χ3v) is 3.20. The Morgan fingerprint density at radius 1 is 1.12 bits per heavy atom. The lowest BCUT2D eigenvalue weighted by molar-refractivity contribution is 0.618. The molecule has 1 heterocycles.